The standard InChI is InChI=1S/C17H20ClNO2/c1-20-14-6-4-7-15(10-14)21-17-16-8-3-2-5-12(16)9-13(11-18)19-17/h2-3,5,8-9,14-15H,4,6-7,10-11H2,1H3. The van der Waals surface area contributed by atoms with E-state index in [9.17, 15) is 0 Å². The summed E-state index contributed by atoms with van der Waals surface area (Å²) in [4.78, 5) is 4.57. The van der Waals surface area contributed by atoms with E-state index in [2.05, 4.69) is 11.1 Å². The lowest BCUT2D eigenvalue weighted by Gasteiger charge is -2.28. The third-order valence-electron chi connectivity index (χ3n) is 4.08. The fraction of sp³-hybridized carbons (Fsp3) is 0.471. The summed E-state index contributed by atoms with van der Waals surface area (Å²) in [6.45, 7) is 0. The summed E-state index contributed by atoms with van der Waals surface area (Å²) in [5.74, 6) is 1.09. The molecule has 1 heterocycles. The number of pyridine rings is 1. The molecule has 0 radical (unpaired) electrons. The third-order valence-corrected chi connectivity index (χ3v) is 4.36. The van der Waals surface area contributed by atoms with E-state index in [1.54, 1.807) is 7.11 Å². The molecule has 1 saturated carbocycles. The van der Waals surface area contributed by atoms with Crippen LogP contribution >= 0.6 is 11.6 Å². The minimum Gasteiger partial charge on any atom is -0.474 e. The molecule has 1 aliphatic rings. The molecule has 0 aliphatic heterocycles. The van der Waals surface area contributed by atoms with Crippen molar-refractivity contribution in [2.24, 2.45) is 0 Å². The smallest absolute Gasteiger partial charge is 0.221 e. The summed E-state index contributed by atoms with van der Waals surface area (Å²) in [6.07, 6.45) is 4.71. The highest BCUT2D eigenvalue weighted by molar-refractivity contribution is 6.17. The van der Waals surface area contributed by atoms with E-state index in [0.29, 0.717) is 17.9 Å². The number of benzene rings is 1. The van der Waals surface area contributed by atoms with Crippen molar-refractivity contribution in [2.45, 2.75) is 43.8 Å². The van der Waals surface area contributed by atoms with Gasteiger partial charge in [-0.25, -0.2) is 4.98 Å². The van der Waals surface area contributed by atoms with Crippen LogP contribution in [0, 0.1) is 0 Å². The Morgan fingerprint density at radius 3 is 2.86 bits per heavy atom. The van der Waals surface area contributed by atoms with Gasteiger partial charge in [-0.05, 0) is 36.8 Å². The molecule has 1 aromatic heterocycles. The molecule has 3 rings (SSSR count). The second-order valence-corrected chi connectivity index (χ2v) is 5.80. The van der Waals surface area contributed by atoms with Crippen LogP contribution < -0.4 is 4.74 Å². The van der Waals surface area contributed by atoms with Gasteiger partial charge in [0.05, 0.1) is 17.7 Å². The molecule has 1 aliphatic carbocycles. The van der Waals surface area contributed by atoms with E-state index >= 15 is 0 Å². The van der Waals surface area contributed by atoms with Crippen LogP contribution in [0.15, 0.2) is 30.3 Å². The zero-order valence-corrected chi connectivity index (χ0v) is 13.0. The number of hydrogen-bond donors (Lipinski definition) is 0. The van der Waals surface area contributed by atoms with Crippen molar-refractivity contribution in [3.05, 3.63) is 36.0 Å². The Hall–Kier alpha value is -1.32. The second-order valence-electron chi connectivity index (χ2n) is 5.54. The molecule has 3 nitrogen and oxygen atoms in total. The Bertz CT molecular complexity index is 617. The summed E-state index contributed by atoms with van der Waals surface area (Å²) < 4.78 is 11.7. The van der Waals surface area contributed by atoms with E-state index in [-0.39, 0.29) is 6.10 Å². The van der Waals surface area contributed by atoms with Gasteiger partial charge in [0.1, 0.15) is 6.10 Å². The van der Waals surface area contributed by atoms with Gasteiger partial charge in [0.2, 0.25) is 5.88 Å². The van der Waals surface area contributed by atoms with Gasteiger partial charge in [0, 0.05) is 18.9 Å². The number of nitrogens with zero attached hydrogens (tertiary/aromatic N) is 1. The quantitative estimate of drug-likeness (QED) is 0.789. The van der Waals surface area contributed by atoms with Crippen molar-refractivity contribution in [3.8, 4) is 5.88 Å². The molecule has 0 spiro atoms. The molecule has 0 saturated heterocycles. The van der Waals surface area contributed by atoms with Gasteiger partial charge < -0.3 is 9.47 Å². The molecule has 21 heavy (non-hydrogen) atoms. The summed E-state index contributed by atoms with van der Waals surface area (Å²) in [6, 6.07) is 10.2. The number of fused-ring (bicyclic) bond motifs is 1. The highest BCUT2D eigenvalue weighted by Gasteiger charge is 2.24. The lowest BCUT2D eigenvalue weighted by atomic mass is 9.95. The van der Waals surface area contributed by atoms with Crippen molar-refractivity contribution in [2.75, 3.05) is 7.11 Å². The minimum absolute atomic E-state index is 0.171. The zero-order chi connectivity index (χ0) is 14.7. The SMILES string of the molecule is COC1CCCC(Oc2nc(CCl)cc3ccccc23)C1. The summed E-state index contributed by atoms with van der Waals surface area (Å²) in [5.41, 5.74) is 0.851. The normalized spacial score (nSPS) is 22.4. The molecule has 2 aromatic rings. The molecular weight excluding hydrogens is 286 g/mol. The van der Waals surface area contributed by atoms with Gasteiger partial charge in [0.25, 0.3) is 0 Å². The van der Waals surface area contributed by atoms with Crippen molar-refractivity contribution in [3.63, 3.8) is 0 Å². The number of hydrogen-bond acceptors (Lipinski definition) is 3. The predicted molar refractivity (Wildman–Crippen MR) is 85.0 cm³/mol. The second kappa shape index (κ2) is 6.63. The molecule has 4 heteroatoms. The number of methoxy groups -OCH3 is 1. The number of aromatic nitrogens is 1. The van der Waals surface area contributed by atoms with Crippen molar-refractivity contribution in [1.29, 1.82) is 0 Å². The summed E-state index contributed by atoms with van der Waals surface area (Å²) in [5, 5.41) is 2.17. The average molecular weight is 306 g/mol. The maximum absolute atomic E-state index is 6.19. The minimum atomic E-state index is 0.171. The molecular formula is C17H20ClNO2. The molecule has 2 atom stereocenters. The van der Waals surface area contributed by atoms with Crippen LogP contribution in [0.3, 0.4) is 0 Å². The van der Waals surface area contributed by atoms with Gasteiger partial charge in [-0.2, -0.15) is 0 Å². The number of alkyl halides is 1. The fourth-order valence-corrected chi connectivity index (χ4v) is 3.10. The number of halogens is 1. The first-order valence-corrected chi connectivity index (χ1v) is 7.97. The molecule has 1 fully saturated rings. The molecule has 0 bridgehead atoms. The van der Waals surface area contributed by atoms with Crippen LogP contribution in [0.25, 0.3) is 10.8 Å². The molecule has 1 aromatic carbocycles. The van der Waals surface area contributed by atoms with Gasteiger partial charge in [0.15, 0.2) is 0 Å². The van der Waals surface area contributed by atoms with Crippen LogP contribution in [0.4, 0.5) is 0 Å². The van der Waals surface area contributed by atoms with Crippen LogP contribution in [0.1, 0.15) is 31.4 Å². The predicted octanol–water partition coefficient (Wildman–Crippen LogP) is 4.31. The molecule has 2 unspecified atom stereocenters. The average Bonchev–Trinajstić information content (AvgIpc) is 2.55. The van der Waals surface area contributed by atoms with Crippen molar-refractivity contribution < 1.29 is 9.47 Å². The third kappa shape index (κ3) is 3.30. The molecule has 0 amide bonds. The fourth-order valence-electron chi connectivity index (χ4n) is 2.96. The van der Waals surface area contributed by atoms with Gasteiger partial charge in [-0.1, -0.05) is 18.2 Å². The largest absolute Gasteiger partial charge is 0.474 e. The maximum atomic E-state index is 6.19. The molecule has 112 valence electrons. The Balaban J connectivity index is 1.88. The first kappa shape index (κ1) is 14.6. The first-order chi connectivity index (χ1) is 10.3. The van der Waals surface area contributed by atoms with Gasteiger partial charge in [-0.15, -0.1) is 11.6 Å². The monoisotopic (exact) mass is 305 g/mol. The summed E-state index contributed by atoms with van der Waals surface area (Å²) in [7, 11) is 1.77. The Morgan fingerprint density at radius 1 is 1.24 bits per heavy atom. The van der Waals surface area contributed by atoms with Crippen LogP contribution in [0.5, 0.6) is 5.88 Å². The van der Waals surface area contributed by atoms with Gasteiger partial charge >= 0.3 is 0 Å². The zero-order valence-electron chi connectivity index (χ0n) is 12.2. The van der Waals surface area contributed by atoms with E-state index < -0.39 is 0 Å². The van der Waals surface area contributed by atoms with E-state index in [1.807, 2.05) is 24.3 Å². The lowest BCUT2D eigenvalue weighted by molar-refractivity contribution is 0.0200. The van der Waals surface area contributed by atoms with Gasteiger partial charge in [-0.3, -0.25) is 0 Å². The first-order valence-electron chi connectivity index (χ1n) is 7.44. The van der Waals surface area contributed by atoms with Crippen LogP contribution in [0.2, 0.25) is 0 Å². The number of ether oxygens (including phenoxy) is 2. The van der Waals surface area contributed by atoms with Crippen molar-refractivity contribution >= 4 is 22.4 Å². The maximum Gasteiger partial charge on any atom is 0.221 e. The lowest BCUT2D eigenvalue weighted by Crippen LogP contribution is -2.29. The molecule has 0 N–H and O–H groups in total. The Kier molecular flexibility index (Phi) is 4.61. The number of rotatable bonds is 4. The van der Waals surface area contributed by atoms with Crippen molar-refractivity contribution in [1.82, 2.24) is 4.98 Å². The van der Waals surface area contributed by atoms with Crippen LogP contribution in [-0.4, -0.2) is 24.3 Å². The summed E-state index contributed by atoms with van der Waals surface area (Å²) >= 11 is 5.95. The Labute approximate surface area is 130 Å². The van der Waals surface area contributed by atoms with E-state index in [1.165, 1.54) is 0 Å². The topological polar surface area (TPSA) is 31.4 Å². The van der Waals surface area contributed by atoms with Crippen LogP contribution in [-0.2, 0) is 10.6 Å². The highest BCUT2D eigenvalue weighted by Crippen LogP contribution is 2.29. The highest BCUT2D eigenvalue weighted by atomic mass is 35.5. The Morgan fingerprint density at radius 2 is 2.05 bits per heavy atom. The van der Waals surface area contributed by atoms with E-state index in [4.69, 9.17) is 21.1 Å². The van der Waals surface area contributed by atoms with E-state index in [0.717, 1.165) is 42.1 Å².